The molecule has 2 aromatic heterocycles. The zero-order chi connectivity index (χ0) is 25.9. The van der Waals surface area contributed by atoms with E-state index in [2.05, 4.69) is 15.5 Å². The van der Waals surface area contributed by atoms with Crippen molar-refractivity contribution in [2.45, 2.75) is 0 Å². The summed E-state index contributed by atoms with van der Waals surface area (Å²) in [6.45, 7) is 0. The molecular formula is C28H16Cl2FN3O3. The Hall–Kier alpha value is -4.33. The lowest BCUT2D eigenvalue weighted by atomic mass is 10.0. The van der Waals surface area contributed by atoms with Crippen LogP contribution in [-0.2, 0) is 0 Å². The Balaban J connectivity index is 1.46. The van der Waals surface area contributed by atoms with Gasteiger partial charge in [-0.25, -0.2) is 14.8 Å². The van der Waals surface area contributed by atoms with Gasteiger partial charge < -0.3 is 4.42 Å². The van der Waals surface area contributed by atoms with Gasteiger partial charge in [0.2, 0.25) is 5.43 Å². The number of fused-ring (bicyclic) bond motifs is 1. The second-order valence-electron chi connectivity index (χ2n) is 8.00. The number of carbonyl (C=O) groups excluding carboxylic acids is 1. The number of hydrogen-bond donors (Lipinski definition) is 1. The normalized spacial score (nSPS) is 11.2. The number of halogens is 3. The summed E-state index contributed by atoms with van der Waals surface area (Å²) in [6.07, 6.45) is 2.46. The van der Waals surface area contributed by atoms with Crippen LogP contribution in [0.15, 0.2) is 99.4 Å². The van der Waals surface area contributed by atoms with Crippen molar-refractivity contribution < 1.29 is 13.6 Å². The van der Waals surface area contributed by atoms with Crippen LogP contribution >= 0.6 is 23.2 Å². The number of carbonyl (C=O) groups is 1. The van der Waals surface area contributed by atoms with Gasteiger partial charge in [0.1, 0.15) is 17.7 Å². The molecule has 5 aromatic rings. The molecule has 0 fully saturated rings. The number of aromatic nitrogens is 1. The molecule has 0 saturated carbocycles. The molecule has 0 aliphatic rings. The van der Waals surface area contributed by atoms with Crippen LogP contribution in [0, 0.1) is 5.82 Å². The van der Waals surface area contributed by atoms with E-state index in [0.717, 1.165) is 5.56 Å². The van der Waals surface area contributed by atoms with Gasteiger partial charge in [-0.2, -0.15) is 5.10 Å². The molecule has 1 N–H and O–H groups in total. The predicted molar refractivity (Wildman–Crippen MR) is 143 cm³/mol. The van der Waals surface area contributed by atoms with Crippen molar-refractivity contribution in [3.63, 3.8) is 0 Å². The van der Waals surface area contributed by atoms with Gasteiger partial charge in [0.25, 0.3) is 5.91 Å². The van der Waals surface area contributed by atoms with Crippen molar-refractivity contribution in [2.75, 3.05) is 0 Å². The van der Waals surface area contributed by atoms with E-state index < -0.39 is 5.91 Å². The maximum Gasteiger partial charge on any atom is 0.271 e. The average Bonchev–Trinajstić information content (AvgIpc) is 2.91. The van der Waals surface area contributed by atoms with Crippen LogP contribution in [0.1, 0.15) is 15.9 Å². The summed E-state index contributed by atoms with van der Waals surface area (Å²) in [6, 6.07) is 20.7. The van der Waals surface area contributed by atoms with E-state index >= 15 is 0 Å². The third-order valence-corrected chi connectivity index (χ3v) is 5.99. The van der Waals surface area contributed by atoms with E-state index in [1.807, 2.05) is 0 Å². The van der Waals surface area contributed by atoms with Crippen molar-refractivity contribution in [1.82, 2.24) is 10.4 Å². The fourth-order valence-corrected chi connectivity index (χ4v) is 3.93. The van der Waals surface area contributed by atoms with Crippen molar-refractivity contribution in [3.05, 3.63) is 122 Å². The number of nitrogens with zero attached hydrogens (tertiary/aromatic N) is 2. The number of nitrogens with one attached hydrogen (secondary N) is 1. The fourth-order valence-electron chi connectivity index (χ4n) is 3.63. The van der Waals surface area contributed by atoms with Crippen LogP contribution in [0.25, 0.3) is 33.5 Å². The molecule has 3 aromatic carbocycles. The van der Waals surface area contributed by atoms with Gasteiger partial charge in [0, 0.05) is 26.7 Å². The third-order valence-electron chi connectivity index (χ3n) is 5.50. The Kier molecular flexibility index (Phi) is 6.81. The summed E-state index contributed by atoms with van der Waals surface area (Å²) in [5.74, 6) is -0.921. The van der Waals surface area contributed by atoms with Crippen LogP contribution in [0.3, 0.4) is 0 Å². The molecule has 0 bridgehead atoms. The maximum absolute atomic E-state index is 13.5. The lowest BCUT2D eigenvalue weighted by Gasteiger charge is -2.09. The van der Waals surface area contributed by atoms with Crippen LogP contribution in [0.5, 0.6) is 0 Å². The first-order chi connectivity index (χ1) is 17.9. The van der Waals surface area contributed by atoms with Crippen LogP contribution < -0.4 is 10.9 Å². The number of benzene rings is 3. The predicted octanol–water partition coefficient (Wildman–Crippen LogP) is 6.73. The first kappa shape index (κ1) is 24.4. The third kappa shape index (κ3) is 5.43. The Labute approximate surface area is 220 Å². The molecule has 1 amide bonds. The maximum atomic E-state index is 13.5. The van der Waals surface area contributed by atoms with Gasteiger partial charge in [-0.1, -0.05) is 35.3 Å². The Morgan fingerprint density at radius 2 is 1.51 bits per heavy atom. The van der Waals surface area contributed by atoms with Gasteiger partial charge in [-0.15, -0.1) is 0 Å². The van der Waals surface area contributed by atoms with E-state index in [1.165, 1.54) is 30.7 Å². The minimum absolute atomic E-state index is 0.138. The number of hydrazone groups is 1. The van der Waals surface area contributed by atoms with Crippen molar-refractivity contribution in [2.24, 2.45) is 5.10 Å². The second-order valence-corrected chi connectivity index (χ2v) is 8.87. The minimum Gasteiger partial charge on any atom is -0.463 e. The Morgan fingerprint density at radius 3 is 2.19 bits per heavy atom. The van der Waals surface area contributed by atoms with E-state index in [1.54, 1.807) is 60.7 Å². The molecule has 6 nitrogen and oxygen atoms in total. The number of hydrogen-bond acceptors (Lipinski definition) is 5. The van der Waals surface area contributed by atoms with Crippen LogP contribution in [0.4, 0.5) is 4.39 Å². The molecule has 9 heteroatoms. The quantitative estimate of drug-likeness (QED) is 0.201. The molecule has 0 aliphatic heterocycles. The number of amides is 1. The highest BCUT2D eigenvalue weighted by Gasteiger charge is 2.13. The van der Waals surface area contributed by atoms with Crippen LogP contribution in [0.2, 0.25) is 10.0 Å². The topological polar surface area (TPSA) is 84.6 Å². The summed E-state index contributed by atoms with van der Waals surface area (Å²) >= 11 is 12.0. The van der Waals surface area contributed by atoms with Gasteiger partial charge in [0.05, 0.1) is 28.6 Å². The van der Waals surface area contributed by atoms with E-state index in [0.29, 0.717) is 38.0 Å². The SMILES string of the molecule is O=C(N/N=C\c1coc2ccc(Cl)cc2c1=O)c1cc(-c2ccc(F)cc2)nc(-c2ccc(Cl)cc2)c1. The van der Waals surface area contributed by atoms with Gasteiger partial charge in [-0.3, -0.25) is 9.59 Å². The lowest BCUT2D eigenvalue weighted by molar-refractivity contribution is 0.0955. The summed E-state index contributed by atoms with van der Waals surface area (Å²) in [7, 11) is 0. The molecule has 5 rings (SSSR count). The summed E-state index contributed by atoms with van der Waals surface area (Å²) in [5, 5.41) is 5.19. The summed E-state index contributed by atoms with van der Waals surface area (Å²) in [4.78, 5) is 30.4. The molecule has 0 aliphatic carbocycles. The lowest BCUT2D eigenvalue weighted by Crippen LogP contribution is -2.19. The largest absolute Gasteiger partial charge is 0.463 e. The summed E-state index contributed by atoms with van der Waals surface area (Å²) in [5.41, 5.74) is 5.21. The standard InChI is InChI=1S/C28H16Cl2FN3O3/c29-20-5-1-16(2-6-20)24-11-18(12-25(33-24)17-3-8-22(31)9-4-17)28(36)34-32-14-19-15-37-26-10-7-21(30)13-23(26)27(19)35/h1-15H,(H,34,36)/b32-14-. The number of rotatable bonds is 5. The molecule has 182 valence electrons. The molecular weight excluding hydrogens is 516 g/mol. The van der Waals surface area contributed by atoms with Gasteiger partial charge >= 0.3 is 0 Å². The highest BCUT2D eigenvalue weighted by atomic mass is 35.5. The monoisotopic (exact) mass is 531 g/mol. The van der Waals surface area contributed by atoms with Crippen molar-refractivity contribution in [3.8, 4) is 22.5 Å². The highest BCUT2D eigenvalue weighted by molar-refractivity contribution is 6.31. The molecule has 0 atom stereocenters. The first-order valence-corrected chi connectivity index (χ1v) is 11.7. The molecule has 37 heavy (non-hydrogen) atoms. The molecule has 2 heterocycles. The molecule has 0 unspecified atom stereocenters. The summed E-state index contributed by atoms with van der Waals surface area (Å²) < 4.78 is 18.9. The van der Waals surface area contributed by atoms with E-state index in [9.17, 15) is 14.0 Å². The van der Waals surface area contributed by atoms with E-state index in [4.69, 9.17) is 27.6 Å². The minimum atomic E-state index is -0.537. The first-order valence-electron chi connectivity index (χ1n) is 11.0. The molecule has 0 saturated heterocycles. The molecule has 0 spiro atoms. The Bertz CT molecular complexity index is 1650. The zero-order valence-corrected chi connectivity index (χ0v) is 20.4. The molecule has 0 radical (unpaired) electrons. The number of pyridine rings is 1. The zero-order valence-electron chi connectivity index (χ0n) is 18.9. The average molecular weight is 532 g/mol. The van der Waals surface area contributed by atoms with Gasteiger partial charge in [-0.05, 0) is 66.7 Å². The van der Waals surface area contributed by atoms with E-state index in [-0.39, 0.29) is 22.4 Å². The van der Waals surface area contributed by atoms with Crippen LogP contribution in [-0.4, -0.2) is 17.1 Å². The smallest absolute Gasteiger partial charge is 0.271 e. The van der Waals surface area contributed by atoms with Crippen molar-refractivity contribution >= 4 is 46.3 Å². The second kappa shape index (κ2) is 10.3. The Morgan fingerprint density at radius 1 is 0.892 bits per heavy atom. The van der Waals surface area contributed by atoms with Gasteiger partial charge in [0.15, 0.2) is 0 Å². The van der Waals surface area contributed by atoms with Crippen molar-refractivity contribution in [1.29, 1.82) is 0 Å². The highest BCUT2D eigenvalue weighted by Crippen LogP contribution is 2.26. The fraction of sp³-hybridized carbons (Fsp3) is 0.